The van der Waals surface area contributed by atoms with E-state index in [4.69, 9.17) is 0 Å². The molecule has 0 saturated carbocycles. The highest BCUT2D eigenvalue weighted by atomic mass is 16.2. The van der Waals surface area contributed by atoms with Crippen molar-refractivity contribution in [2.75, 3.05) is 0 Å². The van der Waals surface area contributed by atoms with E-state index in [1.807, 2.05) is 0 Å². The third kappa shape index (κ3) is 2.02. The number of aromatic nitrogens is 4. The molecule has 0 unspecified atom stereocenters. The SMILES string of the molecule is CCCCCn1c(=O)[nH]c(=O)c2c1ncn2C. The van der Waals surface area contributed by atoms with Crippen LogP contribution >= 0.6 is 0 Å². The van der Waals surface area contributed by atoms with Crippen molar-refractivity contribution in [3.05, 3.63) is 27.2 Å². The van der Waals surface area contributed by atoms with Gasteiger partial charge >= 0.3 is 5.69 Å². The number of H-pyrrole nitrogens is 1. The number of nitrogens with one attached hydrogen (secondary N) is 1. The third-order valence-electron chi connectivity index (χ3n) is 2.84. The average Bonchev–Trinajstić information content (AvgIpc) is 2.66. The van der Waals surface area contributed by atoms with Gasteiger partial charge in [0.25, 0.3) is 5.56 Å². The van der Waals surface area contributed by atoms with E-state index >= 15 is 0 Å². The molecule has 0 aliphatic heterocycles. The lowest BCUT2D eigenvalue weighted by Crippen LogP contribution is -2.31. The molecule has 92 valence electrons. The topological polar surface area (TPSA) is 72.7 Å². The summed E-state index contributed by atoms with van der Waals surface area (Å²) < 4.78 is 3.16. The van der Waals surface area contributed by atoms with E-state index in [9.17, 15) is 9.59 Å². The molecule has 1 N–H and O–H groups in total. The molecule has 0 bridgehead atoms. The second kappa shape index (κ2) is 4.57. The molecular weight excluding hydrogens is 220 g/mol. The van der Waals surface area contributed by atoms with Crippen molar-refractivity contribution < 1.29 is 0 Å². The summed E-state index contributed by atoms with van der Waals surface area (Å²) in [7, 11) is 1.74. The van der Waals surface area contributed by atoms with Crippen LogP contribution in [0.4, 0.5) is 0 Å². The van der Waals surface area contributed by atoms with Crippen molar-refractivity contribution in [1.29, 1.82) is 0 Å². The fourth-order valence-electron chi connectivity index (χ4n) is 1.92. The Balaban J connectivity index is 2.54. The van der Waals surface area contributed by atoms with Crippen LogP contribution in [-0.2, 0) is 13.6 Å². The van der Waals surface area contributed by atoms with Gasteiger partial charge in [0.15, 0.2) is 11.2 Å². The minimum Gasteiger partial charge on any atom is -0.328 e. The summed E-state index contributed by atoms with van der Waals surface area (Å²) in [4.78, 5) is 29.8. The van der Waals surface area contributed by atoms with Gasteiger partial charge in [-0.05, 0) is 6.42 Å². The van der Waals surface area contributed by atoms with Crippen molar-refractivity contribution in [3.8, 4) is 0 Å². The summed E-state index contributed by atoms with van der Waals surface area (Å²) in [5, 5.41) is 0. The second-order valence-electron chi connectivity index (χ2n) is 4.15. The van der Waals surface area contributed by atoms with Crippen molar-refractivity contribution in [1.82, 2.24) is 19.1 Å². The van der Waals surface area contributed by atoms with Gasteiger partial charge in [-0.1, -0.05) is 19.8 Å². The van der Waals surface area contributed by atoms with Crippen molar-refractivity contribution >= 4 is 11.2 Å². The van der Waals surface area contributed by atoms with Crippen molar-refractivity contribution in [2.45, 2.75) is 32.7 Å². The first kappa shape index (κ1) is 11.6. The van der Waals surface area contributed by atoms with E-state index in [0.29, 0.717) is 17.7 Å². The number of hydrogen-bond donors (Lipinski definition) is 1. The van der Waals surface area contributed by atoms with Crippen molar-refractivity contribution in [3.63, 3.8) is 0 Å². The van der Waals surface area contributed by atoms with E-state index in [1.54, 1.807) is 17.9 Å². The summed E-state index contributed by atoms with van der Waals surface area (Å²) in [5.74, 6) is 0. The van der Waals surface area contributed by atoms with Gasteiger partial charge in [-0.25, -0.2) is 9.78 Å². The number of hydrogen-bond acceptors (Lipinski definition) is 3. The highest BCUT2D eigenvalue weighted by molar-refractivity contribution is 5.69. The van der Waals surface area contributed by atoms with E-state index in [1.165, 1.54) is 4.57 Å². The number of aryl methyl sites for hydroxylation is 2. The van der Waals surface area contributed by atoms with Crippen LogP contribution < -0.4 is 11.2 Å². The van der Waals surface area contributed by atoms with E-state index in [-0.39, 0.29) is 11.2 Å². The fourth-order valence-corrected chi connectivity index (χ4v) is 1.92. The van der Waals surface area contributed by atoms with Crippen LogP contribution in [0.3, 0.4) is 0 Å². The van der Waals surface area contributed by atoms with Crippen LogP contribution in [0.15, 0.2) is 15.9 Å². The van der Waals surface area contributed by atoms with Gasteiger partial charge in [0.1, 0.15) is 0 Å². The number of aromatic amines is 1. The number of fused-ring (bicyclic) bond motifs is 1. The fraction of sp³-hybridized carbons (Fsp3) is 0.545. The summed E-state index contributed by atoms with van der Waals surface area (Å²) >= 11 is 0. The first-order valence-electron chi connectivity index (χ1n) is 5.79. The Bertz CT molecular complexity index is 635. The Kier molecular flexibility index (Phi) is 3.12. The molecule has 0 saturated heterocycles. The summed E-state index contributed by atoms with van der Waals surface area (Å²) in [6, 6.07) is 0. The van der Waals surface area contributed by atoms with Crippen LogP contribution in [0.25, 0.3) is 11.2 Å². The first-order chi connectivity index (χ1) is 8.15. The number of unbranched alkanes of at least 4 members (excludes halogenated alkanes) is 2. The molecule has 0 fully saturated rings. The van der Waals surface area contributed by atoms with E-state index in [0.717, 1.165) is 19.3 Å². The smallest absolute Gasteiger partial charge is 0.328 e. The Morgan fingerprint density at radius 1 is 1.35 bits per heavy atom. The highest BCUT2D eigenvalue weighted by Crippen LogP contribution is 2.05. The van der Waals surface area contributed by atoms with E-state index < -0.39 is 0 Å². The Hall–Kier alpha value is -1.85. The Morgan fingerprint density at radius 3 is 2.82 bits per heavy atom. The predicted octanol–water partition coefficient (Wildman–Crippen LogP) is 0.613. The molecule has 0 aliphatic rings. The van der Waals surface area contributed by atoms with Gasteiger partial charge in [-0.3, -0.25) is 14.3 Å². The van der Waals surface area contributed by atoms with Crippen LogP contribution in [-0.4, -0.2) is 19.1 Å². The third-order valence-corrected chi connectivity index (χ3v) is 2.84. The molecule has 0 aliphatic carbocycles. The molecule has 2 heterocycles. The molecule has 0 aromatic carbocycles. The highest BCUT2D eigenvalue weighted by Gasteiger charge is 2.11. The average molecular weight is 236 g/mol. The maximum atomic E-state index is 11.7. The van der Waals surface area contributed by atoms with Gasteiger partial charge in [0.05, 0.1) is 6.33 Å². The Labute approximate surface area is 97.9 Å². The van der Waals surface area contributed by atoms with Gasteiger partial charge in [-0.15, -0.1) is 0 Å². The predicted molar refractivity (Wildman–Crippen MR) is 65.1 cm³/mol. The molecule has 2 aromatic heterocycles. The lowest BCUT2D eigenvalue weighted by atomic mass is 10.2. The molecule has 6 nitrogen and oxygen atoms in total. The van der Waals surface area contributed by atoms with Crippen LogP contribution in [0, 0.1) is 0 Å². The van der Waals surface area contributed by atoms with Crippen molar-refractivity contribution in [2.24, 2.45) is 7.05 Å². The minimum atomic E-state index is -0.378. The van der Waals surface area contributed by atoms with Crippen LogP contribution in [0.5, 0.6) is 0 Å². The minimum absolute atomic E-state index is 0.377. The summed E-state index contributed by atoms with van der Waals surface area (Å²) in [6.45, 7) is 2.70. The molecule has 0 atom stereocenters. The van der Waals surface area contributed by atoms with Gasteiger partial charge in [-0.2, -0.15) is 0 Å². The number of imidazole rings is 1. The molecule has 2 aromatic rings. The van der Waals surface area contributed by atoms with Gasteiger partial charge in [0, 0.05) is 13.6 Å². The zero-order valence-corrected chi connectivity index (χ0v) is 10.1. The molecule has 2 rings (SSSR count). The first-order valence-corrected chi connectivity index (χ1v) is 5.79. The maximum absolute atomic E-state index is 11.7. The molecule has 6 heteroatoms. The molecular formula is C11H16N4O2. The maximum Gasteiger partial charge on any atom is 0.330 e. The lowest BCUT2D eigenvalue weighted by molar-refractivity contribution is 0.588. The Morgan fingerprint density at radius 2 is 2.12 bits per heavy atom. The van der Waals surface area contributed by atoms with Gasteiger partial charge in [0.2, 0.25) is 0 Å². The molecule has 0 spiro atoms. The molecule has 0 amide bonds. The number of rotatable bonds is 4. The summed E-state index contributed by atoms with van der Waals surface area (Å²) in [6.07, 6.45) is 4.60. The van der Waals surface area contributed by atoms with E-state index in [2.05, 4.69) is 16.9 Å². The molecule has 0 radical (unpaired) electrons. The van der Waals surface area contributed by atoms with Gasteiger partial charge < -0.3 is 4.57 Å². The quantitative estimate of drug-likeness (QED) is 0.791. The molecule has 17 heavy (non-hydrogen) atoms. The standard InChI is InChI=1S/C11H16N4O2/c1-3-4-5-6-15-9-8(14(2)7-12-9)10(16)13-11(15)17/h7H,3-6H2,1-2H3,(H,13,16,17). The lowest BCUT2D eigenvalue weighted by Gasteiger charge is -2.05. The zero-order valence-electron chi connectivity index (χ0n) is 10.1. The van der Waals surface area contributed by atoms with Crippen LogP contribution in [0.1, 0.15) is 26.2 Å². The monoisotopic (exact) mass is 236 g/mol. The largest absolute Gasteiger partial charge is 0.330 e. The van der Waals surface area contributed by atoms with Crippen LogP contribution in [0.2, 0.25) is 0 Å². The normalized spacial score (nSPS) is 11.2. The number of nitrogens with zero attached hydrogens (tertiary/aromatic N) is 3. The zero-order chi connectivity index (χ0) is 12.4. The second-order valence-corrected chi connectivity index (χ2v) is 4.15. The summed E-state index contributed by atoms with van der Waals surface area (Å²) in [5.41, 5.74) is 0.160.